The molecule has 0 saturated carbocycles. The summed E-state index contributed by atoms with van der Waals surface area (Å²) in [6.07, 6.45) is 1.67. The minimum Gasteiger partial charge on any atom is -0.495 e. The Morgan fingerprint density at radius 3 is 2.61 bits per heavy atom. The molecule has 2 atom stereocenters. The molecule has 0 unspecified atom stereocenters. The predicted molar refractivity (Wildman–Crippen MR) is 124 cm³/mol. The quantitative estimate of drug-likeness (QED) is 0.568. The van der Waals surface area contributed by atoms with Crippen molar-refractivity contribution >= 4 is 35.0 Å². The van der Waals surface area contributed by atoms with E-state index in [1.807, 2.05) is 54.1 Å². The lowest BCUT2D eigenvalue weighted by Crippen LogP contribution is -2.41. The summed E-state index contributed by atoms with van der Waals surface area (Å²) in [5.74, 6) is 1.28. The fourth-order valence-corrected chi connectivity index (χ4v) is 4.86. The van der Waals surface area contributed by atoms with Crippen LogP contribution < -0.4 is 15.5 Å². The van der Waals surface area contributed by atoms with Crippen LogP contribution in [0.5, 0.6) is 5.75 Å². The average Bonchev–Trinajstić information content (AvgIpc) is 3.20. The van der Waals surface area contributed by atoms with Crippen molar-refractivity contribution in [2.45, 2.75) is 43.1 Å². The molecule has 0 radical (unpaired) electrons. The van der Waals surface area contributed by atoms with Crippen LogP contribution in [0, 0.1) is 0 Å². The summed E-state index contributed by atoms with van der Waals surface area (Å²) >= 11 is 7.77. The largest absolute Gasteiger partial charge is 0.495 e. The third kappa shape index (κ3) is 4.36. The van der Waals surface area contributed by atoms with Crippen molar-refractivity contribution < 1.29 is 9.53 Å². The van der Waals surface area contributed by atoms with Gasteiger partial charge >= 0.3 is 0 Å². The van der Waals surface area contributed by atoms with Gasteiger partial charge in [0.05, 0.1) is 18.2 Å². The van der Waals surface area contributed by atoms with E-state index >= 15 is 0 Å². The Hall–Kier alpha value is -2.71. The molecule has 1 aliphatic rings. The van der Waals surface area contributed by atoms with Crippen LogP contribution in [0.4, 0.5) is 5.69 Å². The van der Waals surface area contributed by atoms with Gasteiger partial charge in [-0.25, -0.2) is 4.68 Å². The van der Waals surface area contributed by atoms with Gasteiger partial charge in [-0.3, -0.25) is 4.79 Å². The number of rotatable bonds is 6. The third-order valence-electron chi connectivity index (χ3n) is 5.24. The van der Waals surface area contributed by atoms with Crippen molar-refractivity contribution in [3.63, 3.8) is 0 Å². The van der Waals surface area contributed by atoms with Gasteiger partial charge < -0.3 is 15.5 Å². The predicted octanol–water partition coefficient (Wildman–Crippen LogP) is 4.46. The van der Waals surface area contributed by atoms with E-state index in [4.69, 9.17) is 16.3 Å². The molecule has 1 aromatic heterocycles. The highest BCUT2D eigenvalue weighted by molar-refractivity contribution is 8.00. The van der Waals surface area contributed by atoms with Crippen molar-refractivity contribution in [3.05, 3.63) is 64.4 Å². The average molecular weight is 458 g/mol. The molecule has 2 N–H and O–H groups in total. The Labute approximate surface area is 190 Å². The summed E-state index contributed by atoms with van der Waals surface area (Å²) in [4.78, 5) is 13.3. The van der Waals surface area contributed by atoms with Crippen LogP contribution in [0.2, 0.25) is 5.02 Å². The summed E-state index contributed by atoms with van der Waals surface area (Å²) in [5.41, 5.74) is 6.28. The first-order valence-corrected chi connectivity index (χ1v) is 11.4. The molecule has 9 heteroatoms. The van der Waals surface area contributed by atoms with E-state index in [-0.39, 0.29) is 11.9 Å². The van der Waals surface area contributed by atoms with Crippen molar-refractivity contribution in [2.75, 3.05) is 17.9 Å². The van der Waals surface area contributed by atoms with E-state index in [0.717, 1.165) is 29.9 Å². The van der Waals surface area contributed by atoms with Gasteiger partial charge in [-0.05, 0) is 41.8 Å². The first-order chi connectivity index (χ1) is 15.0. The maximum atomic E-state index is 13.3. The Balaban J connectivity index is 1.66. The number of anilines is 1. The first kappa shape index (κ1) is 21.5. The number of ether oxygens (including phenoxy) is 1. The van der Waals surface area contributed by atoms with Gasteiger partial charge in [-0.15, -0.1) is 10.2 Å². The molecule has 3 aromatic rings. The summed E-state index contributed by atoms with van der Waals surface area (Å²) in [6, 6.07) is 13.1. The van der Waals surface area contributed by atoms with Crippen LogP contribution in [0.25, 0.3) is 0 Å². The van der Waals surface area contributed by atoms with E-state index < -0.39 is 5.25 Å². The Morgan fingerprint density at radius 1 is 1.19 bits per heavy atom. The molecule has 0 fully saturated rings. The molecule has 2 heterocycles. The summed E-state index contributed by atoms with van der Waals surface area (Å²) in [7, 11) is 1.58. The van der Waals surface area contributed by atoms with Gasteiger partial charge in [0.2, 0.25) is 11.1 Å². The number of nitrogens with zero attached hydrogens (tertiary/aromatic N) is 3. The Kier molecular flexibility index (Phi) is 6.38. The van der Waals surface area contributed by atoms with E-state index in [2.05, 4.69) is 27.9 Å². The van der Waals surface area contributed by atoms with Gasteiger partial charge in [-0.1, -0.05) is 55.4 Å². The van der Waals surface area contributed by atoms with E-state index in [9.17, 15) is 4.79 Å². The fraction of sp³-hybridized carbons (Fsp3) is 0.318. The zero-order valence-electron chi connectivity index (χ0n) is 17.6. The van der Waals surface area contributed by atoms with Crippen molar-refractivity contribution in [3.8, 4) is 5.75 Å². The SMILES string of the molecule is CCc1ccc(NC(=O)[C@H]2Sc3nnc(CC)n3N[C@@H]2c2ccc(OC)c(Cl)c2)cc1. The van der Waals surface area contributed by atoms with E-state index in [0.29, 0.717) is 15.9 Å². The van der Waals surface area contributed by atoms with Crippen LogP contribution in [0.1, 0.15) is 36.8 Å². The number of amides is 1. The number of fused-ring (bicyclic) bond motifs is 1. The van der Waals surface area contributed by atoms with Gasteiger partial charge in [0, 0.05) is 12.1 Å². The van der Waals surface area contributed by atoms with Crippen LogP contribution in [0.15, 0.2) is 47.6 Å². The molecule has 2 aromatic carbocycles. The van der Waals surface area contributed by atoms with Crippen molar-refractivity contribution in [1.82, 2.24) is 14.9 Å². The normalized spacial score (nSPS) is 17.5. The highest BCUT2D eigenvalue weighted by Gasteiger charge is 2.38. The minimum absolute atomic E-state index is 0.119. The lowest BCUT2D eigenvalue weighted by atomic mass is 10.0. The van der Waals surface area contributed by atoms with Crippen LogP contribution in [0.3, 0.4) is 0 Å². The third-order valence-corrected chi connectivity index (χ3v) is 6.75. The maximum absolute atomic E-state index is 13.3. The summed E-state index contributed by atoms with van der Waals surface area (Å²) < 4.78 is 7.13. The smallest absolute Gasteiger partial charge is 0.240 e. The molecule has 1 amide bonds. The molecular weight excluding hydrogens is 434 g/mol. The number of hydrogen-bond acceptors (Lipinski definition) is 6. The van der Waals surface area contributed by atoms with Gasteiger partial charge in [0.1, 0.15) is 11.0 Å². The first-order valence-electron chi connectivity index (χ1n) is 10.1. The van der Waals surface area contributed by atoms with Crippen molar-refractivity contribution in [2.24, 2.45) is 0 Å². The number of aromatic nitrogens is 3. The van der Waals surface area contributed by atoms with Crippen LogP contribution >= 0.6 is 23.4 Å². The number of benzene rings is 2. The number of nitrogens with one attached hydrogen (secondary N) is 2. The standard InChI is InChI=1S/C22H24ClN5O2S/c1-4-13-6-9-15(10-7-13)24-21(29)20-19(14-8-11-17(30-3)16(23)12-14)27-28-18(5-2)25-26-22(28)31-20/h6-12,19-20,27H,4-5H2,1-3H3,(H,24,29)/t19-,20+/m1/s1. The highest BCUT2D eigenvalue weighted by Crippen LogP contribution is 2.39. The summed E-state index contributed by atoms with van der Waals surface area (Å²) in [5, 5.41) is 12.2. The van der Waals surface area contributed by atoms with Crippen molar-refractivity contribution in [1.29, 1.82) is 0 Å². The van der Waals surface area contributed by atoms with E-state index in [1.54, 1.807) is 7.11 Å². The van der Waals surface area contributed by atoms with Gasteiger partial charge in [0.15, 0.2) is 5.82 Å². The molecule has 31 heavy (non-hydrogen) atoms. The van der Waals surface area contributed by atoms with Gasteiger partial charge in [-0.2, -0.15) is 0 Å². The highest BCUT2D eigenvalue weighted by atomic mass is 35.5. The number of thioether (sulfide) groups is 1. The number of aryl methyl sites for hydroxylation is 2. The Bertz CT molecular complexity index is 1090. The molecule has 7 nitrogen and oxygen atoms in total. The maximum Gasteiger partial charge on any atom is 0.240 e. The number of hydrogen-bond donors (Lipinski definition) is 2. The number of carbonyl (C=O) groups is 1. The molecule has 0 bridgehead atoms. The lowest BCUT2D eigenvalue weighted by molar-refractivity contribution is -0.116. The Morgan fingerprint density at radius 2 is 1.97 bits per heavy atom. The number of carbonyl (C=O) groups excluding carboxylic acids is 1. The zero-order valence-corrected chi connectivity index (χ0v) is 19.1. The second-order valence-corrected chi connectivity index (χ2v) is 8.68. The molecule has 1 aliphatic heterocycles. The van der Waals surface area contributed by atoms with Crippen LogP contribution in [-0.4, -0.2) is 33.1 Å². The van der Waals surface area contributed by atoms with Crippen LogP contribution in [-0.2, 0) is 17.6 Å². The molecule has 162 valence electrons. The zero-order chi connectivity index (χ0) is 22.0. The lowest BCUT2D eigenvalue weighted by Gasteiger charge is -2.33. The second kappa shape index (κ2) is 9.20. The van der Waals surface area contributed by atoms with Gasteiger partial charge in [0.25, 0.3) is 0 Å². The molecule has 0 aliphatic carbocycles. The fourth-order valence-electron chi connectivity index (χ4n) is 3.49. The molecule has 4 rings (SSSR count). The molecule has 0 saturated heterocycles. The molecule has 0 spiro atoms. The monoisotopic (exact) mass is 457 g/mol. The van der Waals surface area contributed by atoms with E-state index in [1.165, 1.54) is 17.3 Å². The topological polar surface area (TPSA) is 81.1 Å². The summed E-state index contributed by atoms with van der Waals surface area (Å²) in [6.45, 7) is 4.12. The minimum atomic E-state index is -0.475. The second-order valence-electron chi connectivity index (χ2n) is 7.17. The number of halogens is 1. The number of methoxy groups -OCH3 is 1. The molecular formula is C22H24ClN5O2S.